The van der Waals surface area contributed by atoms with Gasteiger partial charge in [-0.15, -0.1) is 11.3 Å². The summed E-state index contributed by atoms with van der Waals surface area (Å²) in [5.41, 5.74) is 4.12. The van der Waals surface area contributed by atoms with E-state index >= 15 is 0 Å². The van der Waals surface area contributed by atoms with Crippen molar-refractivity contribution in [2.75, 3.05) is 0 Å². The average Bonchev–Trinajstić information content (AvgIpc) is 3.24. The fourth-order valence-electron chi connectivity index (χ4n) is 2.88. The van der Waals surface area contributed by atoms with Crippen molar-refractivity contribution in [2.24, 2.45) is 0 Å². The molecule has 1 aromatic heterocycles. The van der Waals surface area contributed by atoms with Crippen molar-refractivity contribution < 1.29 is 18.3 Å². The van der Waals surface area contributed by atoms with Crippen LogP contribution in [0, 0.1) is 0 Å². The number of thiophene rings is 1. The maximum atomic E-state index is 12.3. The van der Waals surface area contributed by atoms with Crippen molar-refractivity contribution >= 4 is 27.3 Å². The number of carboxylic acids is 1. The smallest absolute Gasteiger partial charge is 0.322 e. The van der Waals surface area contributed by atoms with Gasteiger partial charge in [-0.25, -0.2) is 8.42 Å². The summed E-state index contributed by atoms with van der Waals surface area (Å²) in [7, 11) is -3.85. The third-order valence-corrected chi connectivity index (χ3v) is 7.29. The molecule has 0 bridgehead atoms. The third kappa shape index (κ3) is 4.86. The number of carbonyl (C=O) groups is 1. The Kier molecular flexibility index (Phi) is 6.28. The molecule has 0 amide bonds. The van der Waals surface area contributed by atoms with Crippen LogP contribution in [0.25, 0.3) is 11.1 Å². The molecule has 1 heterocycles. The van der Waals surface area contributed by atoms with Gasteiger partial charge >= 0.3 is 5.97 Å². The van der Waals surface area contributed by atoms with Gasteiger partial charge in [0.25, 0.3) is 10.0 Å². The highest BCUT2D eigenvalue weighted by Gasteiger charge is 2.26. The summed E-state index contributed by atoms with van der Waals surface area (Å²) >= 11 is 1.05. The summed E-state index contributed by atoms with van der Waals surface area (Å²) in [6, 6.07) is 17.6. The summed E-state index contributed by atoms with van der Waals surface area (Å²) < 4.78 is 27.1. The van der Waals surface area contributed by atoms with Crippen LogP contribution in [0.3, 0.4) is 0 Å². The fraction of sp³-hybridized carbons (Fsp3) is 0.190. The van der Waals surface area contributed by atoms with Gasteiger partial charge in [0.15, 0.2) is 0 Å². The molecule has 3 rings (SSSR count). The maximum Gasteiger partial charge on any atom is 0.322 e. The van der Waals surface area contributed by atoms with E-state index in [1.807, 2.05) is 36.4 Å². The van der Waals surface area contributed by atoms with Gasteiger partial charge in [0.2, 0.25) is 0 Å². The van der Waals surface area contributed by atoms with Crippen molar-refractivity contribution in [1.82, 2.24) is 4.72 Å². The van der Waals surface area contributed by atoms with Crippen LogP contribution in [0.2, 0.25) is 0 Å². The second-order valence-electron chi connectivity index (χ2n) is 6.40. The SMILES string of the molecule is CCc1cccc(-c2ccc(CC(NS(=O)(=O)c3cccs3)C(=O)O)cc2)c1. The molecule has 146 valence electrons. The summed E-state index contributed by atoms with van der Waals surface area (Å²) in [5, 5.41) is 11.1. The first kappa shape index (κ1) is 20.3. The zero-order valence-corrected chi connectivity index (χ0v) is 17.0. The van der Waals surface area contributed by atoms with Crippen LogP contribution in [0.15, 0.2) is 70.3 Å². The van der Waals surface area contributed by atoms with Crippen LogP contribution in [0.5, 0.6) is 0 Å². The van der Waals surface area contributed by atoms with Crippen molar-refractivity contribution in [3.05, 3.63) is 77.2 Å². The molecule has 0 fully saturated rings. The summed E-state index contributed by atoms with van der Waals surface area (Å²) in [6.45, 7) is 2.10. The summed E-state index contributed by atoms with van der Waals surface area (Å²) in [6.07, 6.45) is 1.02. The molecule has 2 N–H and O–H groups in total. The number of hydrogen-bond acceptors (Lipinski definition) is 4. The molecule has 0 saturated heterocycles. The highest BCUT2D eigenvalue weighted by Crippen LogP contribution is 2.22. The van der Waals surface area contributed by atoms with Crippen LogP contribution in [0.1, 0.15) is 18.1 Å². The van der Waals surface area contributed by atoms with Crippen molar-refractivity contribution in [2.45, 2.75) is 30.0 Å². The van der Waals surface area contributed by atoms with E-state index in [0.717, 1.165) is 34.4 Å². The molecule has 3 aromatic rings. The molecule has 5 nitrogen and oxygen atoms in total. The van der Waals surface area contributed by atoms with E-state index in [2.05, 4.69) is 23.8 Å². The Morgan fingerprint density at radius 1 is 1.04 bits per heavy atom. The number of aryl methyl sites for hydroxylation is 1. The quantitative estimate of drug-likeness (QED) is 0.583. The standard InChI is InChI=1S/C21H21NO4S2/c1-2-15-5-3-6-18(13-15)17-10-8-16(9-11-17)14-19(21(23)24)22-28(25,26)20-7-4-12-27-20/h3-13,19,22H,2,14H2,1H3,(H,23,24). The van der Waals surface area contributed by atoms with Gasteiger partial charge in [-0.3, -0.25) is 4.79 Å². The molecular formula is C21H21NO4S2. The molecule has 0 aliphatic heterocycles. The Hall–Kier alpha value is -2.48. The number of nitrogens with one attached hydrogen (secondary N) is 1. The van der Waals surface area contributed by atoms with E-state index in [1.54, 1.807) is 11.4 Å². The predicted molar refractivity (Wildman–Crippen MR) is 111 cm³/mol. The van der Waals surface area contributed by atoms with Crippen LogP contribution in [0.4, 0.5) is 0 Å². The number of hydrogen-bond donors (Lipinski definition) is 2. The van der Waals surface area contributed by atoms with E-state index < -0.39 is 22.0 Å². The first-order valence-corrected chi connectivity index (χ1v) is 11.2. The summed E-state index contributed by atoms with van der Waals surface area (Å²) in [4.78, 5) is 11.6. The molecule has 0 radical (unpaired) electrons. The van der Waals surface area contributed by atoms with Gasteiger partial charge in [0.05, 0.1) is 0 Å². The van der Waals surface area contributed by atoms with Gasteiger partial charge in [-0.1, -0.05) is 61.5 Å². The van der Waals surface area contributed by atoms with Gasteiger partial charge < -0.3 is 5.11 Å². The van der Waals surface area contributed by atoms with E-state index in [4.69, 9.17) is 0 Å². The van der Waals surface area contributed by atoms with E-state index in [0.29, 0.717) is 0 Å². The number of rotatable bonds is 8. The van der Waals surface area contributed by atoms with E-state index in [-0.39, 0.29) is 10.6 Å². The lowest BCUT2D eigenvalue weighted by molar-refractivity contribution is -0.138. The van der Waals surface area contributed by atoms with Crippen LogP contribution < -0.4 is 4.72 Å². The normalized spacial score (nSPS) is 12.6. The highest BCUT2D eigenvalue weighted by atomic mass is 32.2. The molecule has 1 atom stereocenters. The van der Waals surface area contributed by atoms with E-state index in [1.165, 1.54) is 11.6 Å². The molecule has 0 aliphatic rings. The van der Waals surface area contributed by atoms with Gasteiger partial charge in [0.1, 0.15) is 10.3 Å². The molecular weight excluding hydrogens is 394 g/mol. The van der Waals surface area contributed by atoms with Crippen LogP contribution >= 0.6 is 11.3 Å². The van der Waals surface area contributed by atoms with Gasteiger partial charge in [0, 0.05) is 0 Å². The topological polar surface area (TPSA) is 83.5 Å². The Labute approximate surface area is 168 Å². The van der Waals surface area contributed by atoms with E-state index in [9.17, 15) is 18.3 Å². The fourth-order valence-corrected chi connectivity index (χ4v) is 5.08. The molecule has 0 spiro atoms. The van der Waals surface area contributed by atoms with Crippen molar-refractivity contribution in [3.63, 3.8) is 0 Å². The molecule has 1 unspecified atom stereocenters. The second kappa shape index (κ2) is 8.68. The van der Waals surface area contributed by atoms with Crippen LogP contribution in [-0.4, -0.2) is 25.5 Å². The number of sulfonamides is 1. The lowest BCUT2D eigenvalue weighted by Crippen LogP contribution is -2.42. The van der Waals surface area contributed by atoms with Gasteiger partial charge in [-0.05, 0) is 46.5 Å². The number of benzene rings is 2. The largest absolute Gasteiger partial charge is 0.480 e. The predicted octanol–water partition coefficient (Wildman–Crippen LogP) is 3.95. The number of carboxylic acid groups (broad SMARTS) is 1. The van der Waals surface area contributed by atoms with Crippen LogP contribution in [-0.2, 0) is 27.7 Å². The Morgan fingerprint density at radius 2 is 1.79 bits per heavy atom. The van der Waals surface area contributed by atoms with Crippen molar-refractivity contribution in [3.8, 4) is 11.1 Å². The molecule has 7 heteroatoms. The first-order chi connectivity index (χ1) is 13.4. The second-order valence-corrected chi connectivity index (χ2v) is 9.29. The lowest BCUT2D eigenvalue weighted by atomic mass is 9.99. The molecule has 0 saturated carbocycles. The third-order valence-electron chi connectivity index (χ3n) is 4.42. The monoisotopic (exact) mass is 415 g/mol. The van der Waals surface area contributed by atoms with Gasteiger partial charge in [-0.2, -0.15) is 4.72 Å². The zero-order chi connectivity index (χ0) is 20.1. The van der Waals surface area contributed by atoms with Crippen molar-refractivity contribution in [1.29, 1.82) is 0 Å². The lowest BCUT2D eigenvalue weighted by Gasteiger charge is -2.14. The first-order valence-electron chi connectivity index (χ1n) is 8.86. The maximum absolute atomic E-state index is 12.3. The summed E-state index contributed by atoms with van der Waals surface area (Å²) in [5.74, 6) is -1.21. The minimum Gasteiger partial charge on any atom is -0.480 e. The molecule has 0 aliphatic carbocycles. The minimum atomic E-state index is -3.85. The Balaban J connectivity index is 1.76. The molecule has 2 aromatic carbocycles. The average molecular weight is 416 g/mol. The Morgan fingerprint density at radius 3 is 2.39 bits per heavy atom. The zero-order valence-electron chi connectivity index (χ0n) is 15.3. The Bertz CT molecular complexity index is 1040. The highest BCUT2D eigenvalue weighted by molar-refractivity contribution is 7.91. The minimum absolute atomic E-state index is 0.0647. The number of aliphatic carboxylic acids is 1. The molecule has 28 heavy (non-hydrogen) atoms.